The highest BCUT2D eigenvalue weighted by Crippen LogP contribution is 2.20. The smallest absolute Gasteiger partial charge is 0.262 e. The van der Waals surface area contributed by atoms with Crippen LogP contribution in [0.1, 0.15) is 0 Å². The summed E-state index contributed by atoms with van der Waals surface area (Å²) in [5.74, 6) is 0.152. The number of rotatable bonds is 5. The molecule has 110 valence electrons. The van der Waals surface area contributed by atoms with Crippen LogP contribution in [0.2, 0.25) is 0 Å². The van der Waals surface area contributed by atoms with E-state index in [1.165, 1.54) is 12.1 Å². The molecule has 0 atom stereocenters. The van der Waals surface area contributed by atoms with E-state index in [1.807, 2.05) is 6.07 Å². The van der Waals surface area contributed by atoms with E-state index in [0.717, 1.165) is 6.26 Å². The largest absolute Gasteiger partial charge is 0.484 e. The van der Waals surface area contributed by atoms with Crippen molar-refractivity contribution in [3.63, 3.8) is 0 Å². The van der Waals surface area contributed by atoms with Gasteiger partial charge in [0.25, 0.3) is 5.91 Å². The van der Waals surface area contributed by atoms with Crippen LogP contribution in [0.3, 0.4) is 0 Å². The number of hydrogen-bond acceptors (Lipinski definition) is 4. The van der Waals surface area contributed by atoms with Crippen molar-refractivity contribution in [3.8, 4) is 5.75 Å². The molecule has 0 aliphatic carbocycles. The molecule has 2 aromatic rings. The second-order valence-electron chi connectivity index (χ2n) is 4.42. The van der Waals surface area contributed by atoms with Crippen molar-refractivity contribution in [1.29, 1.82) is 0 Å². The predicted molar refractivity (Wildman–Crippen MR) is 80.1 cm³/mol. The van der Waals surface area contributed by atoms with Gasteiger partial charge >= 0.3 is 0 Å². The molecule has 21 heavy (non-hydrogen) atoms. The Kier molecular flexibility index (Phi) is 4.59. The lowest BCUT2D eigenvalue weighted by atomic mass is 10.3. The maximum Gasteiger partial charge on any atom is 0.262 e. The molecular formula is C15H15NO4S. The first-order chi connectivity index (χ1) is 9.97. The van der Waals surface area contributed by atoms with Crippen molar-refractivity contribution in [1.82, 2.24) is 0 Å². The van der Waals surface area contributed by atoms with Crippen molar-refractivity contribution in [2.75, 3.05) is 18.2 Å². The third kappa shape index (κ3) is 4.32. The summed E-state index contributed by atoms with van der Waals surface area (Å²) >= 11 is 0. The highest BCUT2D eigenvalue weighted by atomic mass is 32.2. The van der Waals surface area contributed by atoms with E-state index >= 15 is 0 Å². The first-order valence-electron chi connectivity index (χ1n) is 6.23. The van der Waals surface area contributed by atoms with E-state index in [0.29, 0.717) is 5.75 Å². The summed E-state index contributed by atoms with van der Waals surface area (Å²) in [7, 11) is -3.40. The monoisotopic (exact) mass is 305 g/mol. The summed E-state index contributed by atoms with van der Waals surface area (Å²) in [5.41, 5.74) is 0.252. The SMILES string of the molecule is CS(=O)(=O)c1ccccc1NC(=O)COc1ccccc1. The van der Waals surface area contributed by atoms with E-state index in [2.05, 4.69) is 5.32 Å². The number of amides is 1. The van der Waals surface area contributed by atoms with Gasteiger partial charge < -0.3 is 10.1 Å². The average molecular weight is 305 g/mol. The van der Waals surface area contributed by atoms with Crippen LogP contribution in [-0.2, 0) is 14.6 Å². The number of anilines is 1. The van der Waals surface area contributed by atoms with E-state index in [9.17, 15) is 13.2 Å². The Labute approximate surface area is 123 Å². The number of carbonyl (C=O) groups is 1. The van der Waals surface area contributed by atoms with Gasteiger partial charge in [0.1, 0.15) is 5.75 Å². The zero-order valence-electron chi connectivity index (χ0n) is 11.4. The number of carbonyl (C=O) groups excluding carboxylic acids is 1. The van der Waals surface area contributed by atoms with Crippen LogP contribution in [0.25, 0.3) is 0 Å². The molecule has 0 aliphatic rings. The molecule has 1 N–H and O–H groups in total. The molecule has 0 unspecified atom stereocenters. The molecule has 0 fully saturated rings. The van der Waals surface area contributed by atoms with Gasteiger partial charge in [0.2, 0.25) is 0 Å². The van der Waals surface area contributed by atoms with Crippen molar-refractivity contribution in [2.24, 2.45) is 0 Å². The standard InChI is InChI=1S/C15H15NO4S/c1-21(18,19)14-10-6-5-9-13(14)16-15(17)11-20-12-7-3-2-4-8-12/h2-10H,11H2,1H3,(H,16,17). The van der Waals surface area contributed by atoms with Crippen LogP contribution < -0.4 is 10.1 Å². The molecule has 0 spiro atoms. The molecule has 0 heterocycles. The topological polar surface area (TPSA) is 72.5 Å². The highest BCUT2D eigenvalue weighted by molar-refractivity contribution is 7.90. The molecule has 0 saturated carbocycles. The number of hydrogen-bond donors (Lipinski definition) is 1. The van der Waals surface area contributed by atoms with Crippen LogP contribution in [0.5, 0.6) is 5.75 Å². The Bertz CT molecular complexity index is 726. The normalized spacial score (nSPS) is 10.9. The lowest BCUT2D eigenvalue weighted by Crippen LogP contribution is -2.21. The predicted octanol–water partition coefficient (Wildman–Crippen LogP) is 2.11. The lowest BCUT2D eigenvalue weighted by molar-refractivity contribution is -0.118. The van der Waals surface area contributed by atoms with Crippen molar-refractivity contribution < 1.29 is 17.9 Å². The highest BCUT2D eigenvalue weighted by Gasteiger charge is 2.14. The molecule has 0 aliphatic heterocycles. The van der Waals surface area contributed by atoms with Crippen molar-refractivity contribution >= 4 is 21.4 Å². The van der Waals surface area contributed by atoms with Gasteiger partial charge in [-0.25, -0.2) is 8.42 Å². The van der Waals surface area contributed by atoms with Crippen molar-refractivity contribution in [2.45, 2.75) is 4.90 Å². The fourth-order valence-electron chi connectivity index (χ4n) is 1.75. The minimum atomic E-state index is -3.40. The molecule has 0 radical (unpaired) electrons. The molecule has 0 bridgehead atoms. The average Bonchev–Trinajstić information content (AvgIpc) is 2.46. The summed E-state index contributed by atoms with van der Waals surface area (Å²) in [6.07, 6.45) is 1.10. The summed E-state index contributed by atoms with van der Waals surface area (Å²) in [4.78, 5) is 11.9. The molecule has 1 amide bonds. The molecule has 2 rings (SSSR count). The fourth-order valence-corrected chi connectivity index (χ4v) is 2.59. The first-order valence-corrected chi connectivity index (χ1v) is 8.13. The zero-order chi connectivity index (χ0) is 15.3. The van der Waals surface area contributed by atoms with E-state index in [1.54, 1.807) is 36.4 Å². The Morgan fingerprint density at radius 3 is 2.33 bits per heavy atom. The maximum absolute atomic E-state index is 11.8. The second-order valence-corrected chi connectivity index (χ2v) is 6.40. The van der Waals surface area contributed by atoms with Gasteiger partial charge in [-0.3, -0.25) is 4.79 Å². The van der Waals surface area contributed by atoms with Crippen molar-refractivity contribution in [3.05, 3.63) is 54.6 Å². The van der Waals surface area contributed by atoms with Crippen LogP contribution in [0.15, 0.2) is 59.5 Å². The second kappa shape index (κ2) is 6.41. The Morgan fingerprint density at radius 2 is 1.67 bits per heavy atom. The summed E-state index contributed by atoms with van der Waals surface area (Å²) in [5, 5.41) is 2.54. The summed E-state index contributed by atoms with van der Waals surface area (Å²) < 4.78 is 28.6. The number of benzene rings is 2. The maximum atomic E-state index is 11.8. The molecule has 2 aromatic carbocycles. The van der Waals surface area contributed by atoms with Gasteiger partial charge in [0.05, 0.1) is 10.6 Å². The molecule has 5 nitrogen and oxygen atoms in total. The molecule has 6 heteroatoms. The van der Waals surface area contributed by atoms with E-state index in [4.69, 9.17) is 4.74 Å². The summed E-state index contributed by atoms with van der Waals surface area (Å²) in [6.45, 7) is -0.192. The molecule has 0 aromatic heterocycles. The van der Waals surface area contributed by atoms with Gasteiger partial charge in [0.15, 0.2) is 16.4 Å². The zero-order valence-corrected chi connectivity index (χ0v) is 12.3. The Hall–Kier alpha value is -2.34. The van der Waals surface area contributed by atoms with Gasteiger partial charge in [-0.1, -0.05) is 30.3 Å². The van der Waals surface area contributed by atoms with Gasteiger partial charge in [-0.2, -0.15) is 0 Å². The molecular weight excluding hydrogens is 290 g/mol. The minimum Gasteiger partial charge on any atom is -0.484 e. The van der Waals surface area contributed by atoms with Gasteiger partial charge in [-0.05, 0) is 24.3 Å². The van der Waals surface area contributed by atoms with Crippen LogP contribution in [0, 0.1) is 0 Å². The third-order valence-electron chi connectivity index (χ3n) is 2.67. The quantitative estimate of drug-likeness (QED) is 0.918. The van der Waals surface area contributed by atoms with E-state index in [-0.39, 0.29) is 17.2 Å². The van der Waals surface area contributed by atoms with Crippen LogP contribution >= 0.6 is 0 Å². The van der Waals surface area contributed by atoms with Crippen LogP contribution in [-0.4, -0.2) is 27.2 Å². The van der Waals surface area contributed by atoms with Crippen LogP contribution in [0.4, 0.5) is 5.69 Å². The number of sulfone groups is 1. The number of para-hydroxylation sites is 2. The first kappa shape index (κ1) is 15.1. The molecule has 0 saturated heterocycles. The Morgan fingerprint density at radius 1 is 1.05 bits per heavy atom. The number of ether oxygens (including phenoxy) is 1. The fraction of sp³-hybridized carbons (Fsp3) is 0.133. The number of nitrogens with one attached hydrogen (secondary N) is 1. The van der Waals surface area contributed by atoms with E-state index < -0.39 is 15.7 Å². The summed E-state index contributed by atoms with van der Waals surface area (Å²) in [6, 6.07) is 15.2. The van der Waals surface area contributed by atoms with Gasteiger partial charge in [0, 0.05) is 6.26 Å². The lowest BCUT2D eigenvalue weighted by Gasteiger charge is -2.10. The minimum absolute atomic E-state index is 0.0815. The van der Waals surface area contributed by atoms with Gasteiger partial charge in [-0.15, -0.1) is 0 Å². The Balaban J connectivity index is 2.04. The third-order valence-corrected chi connectivity index (χ3v) is 3.83.